The molecule has 2 N–H and O–H groups in total. The van der Waals surface area contributed by atoms with E-state index >= 15 is 0 Å². The highest BCUT2D eigenvalue weighted by molar-refractivity contribution is 7.99. The van der Waals surface area contributed by atoms with Gasteiger partial charge in [0, 0.05) is 25.4 Å². The number of halogens is 1. The first-order valence-electron chi connectivity index (χ1n) is 5.85. The van der Waals surface area contributed by atoms with E-state index in [1.54, 1.807) is 17.8 Å². The summed E-state index contributed by atoms with van der Waals surface area (Å²) in [7, 11) is 0. The smallest absolute Gasteiger partial charge is 0.124 e. The molecule has 3 nitrogen and oxygen atoms in total. The SMILES string of the molecule is N#Cc1cc(F)cc(CNCCSCCCO)c1. The number of aliphatic hydroxyl groups is 1. The van der Waals surface area contributed by atoms with Crippen molar-refractivity contribution in [3.8, 4) is 6.07 Å². The number of nitrogens with zero attached hydrogens (tertiary/aromatic N) is 1. The Morgan fingerprint density at radius 2 is 2.17 bits per heavy atom. The zero-order chi connectivity index (χ0) is 13.2. The summed E-state index contributed by atoms with van der Waals surface area (Å²) in [5, 5.41) is 20.5. The van der Waals surface area contributed by atoms with Crippen LogP contribution >= 0.6 is 11.8 Å². The summed E-state index contributed by atoms with van der Waals surface area (Å²) in [6.07, 6.45) is 0.820. The summed E-state index contributed by atoms with van der Waals surface area (Å²) in [6, 6.07) is 6.29. The van der Waals surface area contributed by atoms with E-state index in [0.717, 1.165) is 30.0 Å². The Kier molecular flexibility index (Phi) is 7.42. The lowest BCUT2D eigenvalue weighted by Crippen LogP contribution is -2.17. The summed E-state index contributed by atoms with van der Waals surface area (Å²) in [5.74, 6) is 1.54. The molecule has 1 aromatic carbocycles. The molecule has 0 heterocycles. The van der Waals surface area contributed by atoms with Crippen LogP contribution in [0.1, 0.15) is 17.5 Å². The van der Waals surface area contributed by atoms with Crippen molar-refractivity contribution in [3.63, 3.8) is 0 Å². The average molecular weight is 268 g/mol. The Morgan fingerprint density at radius 3 is 2.89 bits per heavy atom. The topological polar surface area (TPSA) is 56.0 Å². The molecule has 0 unspecified atom stereocenters. The molecule has 1 rings (SSSR count). The van der Waals surface area contributed by atoms with Gasteiger partial charge in [0.25, 0.3) is 0 Å². The number of nitrogens with one attached hydrogen (secondary N) is 1. The van der Waals surface area contributed by atoms with E-state index in [2.05, 4.69) is 5.32 Å². The van der Waals surface area contributed by atoms with Crippen molar-refractivity contribution < 1.29 is 9.50 Å². The number of nitriles is 1. The molecule has 0 amide bonds. The largest absolute Gasteiger partial charge is 0.396 e. The van der Waals surface area contributed by atoms with Gasteiger partial charge in [-0.05, 0) is 35.9 Å². The number of aliphatic hydroxyl groups excluding tert-OH is 1. The maximum atomic E-state index is 13.1. The number of benzene rings is 1. The highest BCUT2D eigenvalue weighted by Gasteiger charge is 2.00. The summed E-state index contributed by atoms with van der Waals surface area (Å²) in [5.41, 5.74) is 1.14. The summed E-state index contributed by atoms with van der Waals surface area (Å²) in [4.78, 5) is 0. The summed E-state index contributed by atoms with van der Waals surface area (Å²) >= 11 is 1.77. The highest BCUT2D eigenvalue weighted by Crippen LogP contribution is 2.08. The van der Waals surface area contributed by atoms with Gasteiger partial charge in [0.15, 0.2) is 0 Å². The summed E-state index contributed by atoms with van der Waals surface area (Å²) in [6.45, 7) is 1.63. The van der Waals surface area contributed by atoms with E-state index < -0.39 is 0 Å². The Labute approximate surface area is 111 Å². The molecular weight excluding hydrogens is 251 g/mol. The number of thioether (sulfide) groups is 1. The van der Waals surface area contributed by atoms with Crippen molar-refractivity contribution in [3.05, 3.63) is 35.1 Å². The van der Waals surface area contributed by atoms with Crippen LogP contribution in [0.2, 0.25) is 0 Å². The molecule has 0 aliphatic heterocycles. The first-order valence-corrected chi connectivity index (χ1v) is 7.00. The van der Waals surface area contributed by atoms with Crippen LogP contribution in [0.15, 0.2) is 18.2 Å². The highest BCUT2D eigenvalue weighted by atomic mass is 32.2. The Morgan fingerprint density at radius 1 is 1.33 bits per heavy atom. The maximum absolute atomic E-state index is 13.1. The molecule has 0 atom stereocenters. The van der Waals surface area contributed by atoms with Crippen molar-refractivity contribution in [2.45, 2.75) is 13.0 Å². The second-order valence-corrected chi connectivity index (χ2v) is 5.05. The van der Waals surface area contributed by atoms with Gasteiger partial charge in [-0.25, -0.2) is 4.39 Å². The first-order chi connectivity index (χ1) is 8.76. The van der Waals surface area contributed by atoms with E-state index in [-0.39, 0.29) is 12.4 Å². The minimum absolute atomic E-state index is 0.237. The lowest BCUT2D eigenvalue weighted by atomic mass is 10.1. The fourth-order valence-electron chi connectivity index (χ4n) is 1.46. The summed E-state index contributed by atoms with van der Waals surface area (Å²) < 4.78 is 13.1. The van der Waals surface area contributed by atoms with E-state index in [4.69, 9.17) is 10.4 Å². The van der Waals surface area contributed by atoms with Crippen LogP contribution in [-0.4, -0.2) is 29.8 Å². The van der Waals surface area contributed by atoms with Gasteiger partial charge in [-0.3, -0.25) is 0 Å². The molecule has 18 heavy (non-hydrogen) atoms. The molecular formula is C13H17FN2OS. The number of hydrogen-bond acceptors (Lipinski definition) is 4. The van der Waals surface area contributed by atoms with Gasteiger partial charge in [-0.15, -0.1) is 0 Å². The van der Waals surface area contributed by atoms with Crippen LogP contribution in [0.4, 0.5) is 4.39 Å². The van der Waals surface area contributed by atoms with Crippen LogP contribution in [-0.2, 0) is 6.54 Å². The van der Waals surface area contributed by atoms with E-state index in [9.17, 15) is 4.39 Å². The first kappa shape index (κ1) is 15.0. The molecule has 0 aromatic heterocycles. The molecule has 0 aliphatic rings. The number of rotatable bonds is 8. The molecule has 0 saturated carbocycles. The molecule has 0 radical (unpaired) electrons. The van der Waals surface area contributed by atoms with Crippen molar-refractivity contribution in [2.75, 3.05) is 24.7 Å². The van der Waals surface area contributed by atoms with E-state index in [1.165, 1.54) is 12.1 Å². The molecule has 98 valence electrons. The van der Waals surface area contributed by atoms with Crippen LogP contribution in [0.5, 0.6) is 0 Å². The Hall–Kier alpha value is -1.09. The van der Waals surface area contributed by atoms with Crippen LogP contribution in [0, 0.1) is 17.1 Å². The monoisotopic (exact) mass is 268 g/mol. The average Bonchev–Trinajstić information content (AvgIpc) is 2.37. The third kappa shape index (κ3) is 6.01. The Bertz CT molecular complexity index is 406. The standard InChI is InChI=1S/C13H17FN2OS/c14-13-7-11(9-15)6-12(8-13)10-16-2-5-18-4-1-3-17/h6-8,16-17H,1-5,10H2. The Balaban J connectivity index is 2.23. The predicted octanol–water partition coefficient (Wildman–Crippen LogP) is 1.90. The molecule has 0 spiro atoms. The molecule has 1 aromatic rings. The lowest BCUT2D eigenvalue weighted by Gasteiger charge is -2.05. The normalized spacial score (nSPS) is 10.3. The van der Waals surface area contributed by atoms with Crippen molar-refractivity contribution >= 4 is 11.8 Å². The van der Waals surface area contributed by atoms with Gasteiger partial charge in [0.1, 0.15) is 5.82 Å². The lowest BCUT2D eigenvalue weighted by molar-refractivity contribution is 0.296. The quantitative estimate of drug-likeness (QED) is 0.707. The van der Waals surface area contributed by atoms with Crippen LogP contribution < -0.4 is 5.32 Å². The molecule has 0 aliphatic carbocycles. The van der Waals surface area contributed by atoms with Crippen molar-refractivity contribution in [1.29, 1.82) is 5.26 Å². The third-order valence-electron chi connectivity index (χ3n) is 2.29. The fraction of sp³-hybridized carbons (Fsp3) is 0.462. The molecule has 0 saturated heterocycles. The van der Waals surface area contributed by atoms with Gasteiger partial charge in [0.2, 0.25) is 0 Å². The van der Waals surface area contributed by atoms with E-state index in [1.807, 2.05) is 6.07 Å². The minimum atomic E-state index is -0.372. The van der Waals surface area contributed by atoms with Crippen LogP contribution in [0.25, 0.3) is 0 Å². The molecule has 0 fully saturated rings. The molecule has 0 bridgehead atoms. The molecule has 5 heteroatoms. The zero-order valence-corrected chi connectivity index (χ0v) is 11.0. The second-order valence-electron chi connectivity index (χ2n) is 3.83. The minimum Gasteiger partial charge on any atom is -0.396 e. The van der Waals surface area contributed by atoms with Gasteiger partial charge in [-0.1, -0.05) is 0 Å². The van der Waals surface area contributed by atoms with Gasteiger partial charge < -0.3 is 10.4 Å². The zero-order valence-electron chi connectivity index (χ0n) is 10.2. The number of hydrogen-bond donors (Lipinski definition) is 2. The van der Waals surface area contributed by atoms with Crippen molar-refractivity contribution in [2.24, 2.45) is 0 Å². The van der Waals surface area contributed by atoms with Crippen LogP contribution in [0.3, 0.4) is 0 Å². The maximum Gasteiger partial charge on any atom is 0.124 e. The predicted molar refractivity (Wildman–Crippen MR) is 71.8 cm³/mol. The van der Waals surface area contributed by atoms with Gasteiger partial charge >= 0.3 is 0 Å². The second kappa shape index (κ2) is 8.92. The van der Waals surface area contributed by atoms with E-state index in [0.29, 0.717) is 12.1 Å². The van der Waals surface area contributed by atoms with Gasteiger partial charge in [0.05, 0.1) is 11.6 Å². The fourth-order valence-corrected chi connectivity index (χ4v) is 2.29. The van der Waals surface area contributed by atoms with Crippen molar-refractivity contribution in [1.82, 2.24) is 5.32 Å². The third-order valence-corrected chi connectivity index (χ3v) is 3.36. The van der Waals surface area contributed by atoms with Gasteiger partial charge in [-0.2, -0.15) is 17.0 Å².